The Bertz CT molecular complexity index is 1460. The number of anilines is 1. The smallest absolute Gasteiger partial charge is 0.263 e. The number of aliphatic hydroxyl groups excluding tert-OH is 1. The summed E-state index contributed by atoms with van der Waals surface area (Å²) >= 11 is 0. The number of aliphatic hydroxyl groups is 1. The van der Waals surface area contributed by atoms with E-state index in [0.717, 1.165) is 0 Å². The second kappa shape index (κ2) is 14.0. The van der Waals surface area contributed by atoms with Gasteiger partial charge in [-0.2, -0.15) is 4.98 Å². The SMILES string of the molecule is [N-]=[N+]=NCO[C@@H]1C[C@H](n2cc(C#CCN)c3c(=O)[nH]c(N)nc32)O[C@@H]1CO[PH](=O)PP(=O)(O)C(O)C[PH](=O)O. The molecule has 22 heteroatoms. The van der Waals surface area contributed by atoms with Crippen molar-refractivity contribution in [1.29, 1.82) is 0 Å². The molecular formula is C17H26N8O10P4. The van der Waals surface area contributed by atoms with E-state index >= 15 is 0 Å². The lowest BCUT2D eigenvalue weighted by atomic mass is 10.2. The fraction of sp³-hybridized carbons (Fsp3) is 0.529. The number of hydrogen-bond donors (Lipinski definition) is 6. The third kappa shape index (κ3) is 8.22. The summed E-state index contributed by atoms with van der Waals surface area (Å²) in [6.07, 6.45) is -1.68. The minimum Gasteiger partial charge on any atom is -0.382 e. The van der Waals surface area contributed by atoms with Crippen molar-refractivity contribution in [1.82, 2.24) is 14.5 Å². The molecule has 8 N–H and O–H groups in total. The highest BCUT2D eigenvalue weighted by Crippen LogP contribution is 2.74. The second-order valence-corrected chi connectivity index (χ2v) is 17.9. The Morgan fingerprint density at radius 1 is 1.51 bits per heavy atom. The number of nitrogens with two attached hydrogens (primary N) is 2. The van der Waals surface area contributed by atoms with Crippen molar-refractivity contribution in [3.05, 3.63) is 32.6 Å². The van der Waals surface area contributed by atoms with Gasteiger partial charge in [-0.1, -0.05) is 17.0 Å². The van der Waals surface area contributed by atoms with Crippen molar-refractivity contribution in [3.63, 3.8) is 0 Å². The van der Waals surface area contributed by atoms with Crippen LogP contribution < -0.4 is 17.0 Å². The van der Waals surface area contributed by atoms with Crippen LogP contribution in [0.5, 0.6) is 0 Å². The van der Waals surface area contributed by atoms with Crippen molar-refractivity contribution in [2.24, 2.45) is 10.8 Å². The van der Waals surface area contributed by atoms with Gasteiger partial charge in [0.1, 0.15) is 24.9 Å². The zero-order valence-electron chi connectivity index (χ0n) is 20.0. The first-order chi connectivity index (χ1) is 18.5. The molecule has 1 aliphatic rings. The predicted octanol–water partition coefficient (Wildman–Crippen LogP) is 0.613. The van der Waals surface area contributed by atoms with Crippen LogP contribution in [-0.2, 0) is 27.7 Å². The highest BCUT2D eigenvalue weighted by atomic mass is 32.4. The van der Waals surface area contributed by atoms with Crippen molar-refractivity contribution in [2.75, 3.05) is 31.8 Å². The molecule has 1 saturated heterocycles. The number of nitrogens with one attached hydrogen (secondary N) is 1. The van der Waals surface area contributed by atoms with Crippen LogP contribution >= 0.6 is 30.8 Å². The molecule has 1 fully saturated rings. The normalized spacial score (nSPS) is 23.1. The Balaban J connectivity index is 1.82. The highest BCUT2D eigenvalue weighted by molar-refractivity contribution is 8.49. The molecule has 0 bridgehead atoms. The number of rotatable bonds is 12. The average Bonchev–Trinajstić information content (AvgIpc) is 3.42. The Labute approximate surface area is 222 Å². The first kappa shape index (κ1) is 31.5. The molecule has 2 aromatic rings. The van der Waals surface area contributed by atoms with Gasteiger partial charge in [-0.15, -0.1) is 0 Å². The van der Waals surface area contributed by atoms with E-state index in [0.29, 0.717) is 5.56 Å². The van der Waals surface area contributed by atoms with Crippen LogP contribution in [0.3, 0.4) is 0 Å². The Morgan fingerprint density at radius 3 is 2.92 bits per heavy atom. The summed E-state index contributed by atoms with van der Waals surface area (Å²) in [5.41, 5.74) is 19.7. The molecule has 5 unspecified atom stereocenters. The van der Waals surface area contributed by atoms with Crippen molar-refractivity contribution < 1.29 is 42.6 Å². The largest absolute Gasteiger partial charge is 0.382 e. The number of H-pyrrole nitrogens is 1. The van der Waals surface area contributed by atoms with E-state index in [1.807, 2.05) is 0 Å². The maximum atomic E-state index is 12.6. The van der Waals surface area contributed by atoms with Gasteiger partial charge < -0.3 is 44.9 Å². The number of nitrogens with zero attached hydrogens (tertiary/aromatic N) is 5. The lowest BCUT2D eigenvalue weighted by Crippen LogP contribution is -2.28. The average molecular weight is 626 g/mol. The van der Waals surface area contributed by atoms with E-state index in [2.05, 4.69) is 31.8 Å². The van der Waals surface area contributed by atoms with Crippen LogP contribution in [0.2, 0.25) is 0 Å². The topological polar surface area (TPSA) is 291 Å². The summed E-state index contributed by atoms with van der Waals surface area (Å²) in [7, 11) is -12.1. The van der Waals surface area contributed by atoms with Gasteiger partial charge in [-0.05, 0) is 5.53 Å². The summed E-state index contributed by atoms with van der Waals surface area (Å²) in [5, 5.41) is 13.2. The van der Waals surface area contributed by atoms with E-state index in [1.165, 1.54) is 10.8 Å². The lowest BCUT2D eigenvalue weighted by molar-refractivity contribution is -0.0532. The summed E-state index contributed by atoms with van der Waals surface area (Å²) in [5.74, 6) is 3.29. The Kier molecular flexibility index (Phi) is 11.3. The number of nitrogen functional groups attached to an aromatic ring is 1. The maximum Gasteiger partial charge on any atom is 0.263 e. The molecule has 18 nitrogen and oxygen atoms in total. The van der Waals surface area contributed by atoms with Crippen LogP contribution in [0.25, 0.3) is 21.5 Å². The maximum absolute atomic E-state index is 12.6. The summed E-state index contributed by atoms with van der Waals surface area (Å²) in [6, 6.07) is 0. The lowest BCUT2D eigenvalue weighted by Gasteiger charge is -2.20. The van der Waals surface area contributed by atoms with Gasteiger partial charge in [0.25, 0.3) is 12.6 Å². The number of ether oxygens (including phenoxy) is 2. The number of azide groups is 1. The summed E-state index contributed by atoms with van der Waals surface area (Å²) < 4.78 is 53.9. The van der Waals surface area contributed by atoms with Crippen molar-refractivity contribution >= 4 is 47.7 Å². The molecule has 0 aliphatic carbocycles. The third-order valence-corrected chi connectivity index (χ3v) is 15.7. The minimum absolute atomic E-state index is 0.0399. The molecule has 8 atom stereocenters. The highest BCUT2D eigenvalue weighted by Gasteiger charge is 2.39. The number of aromatic amines is 1. The van der Waals surface area contributed by atoms with Crippen LogP contribution in [0, 0.1) is 11.8 Å². The number of fused-ring (bicyclic) bond motifs is 1. The molecule has 2 aromatic heterocycles. The monoisotopic (exact) mass is 626 g/mol. The van der Waals surface area contributed by atoms with Crippen molar-refractivity contribution in [2.45, 2.75) is 30.7 Å². The number of hydrogen-bond acceptors (Lipinski definition) is 12. The van der Waals surface area contributed by atoms with Gasteiger partial charge in [-0.25, -0.2) is 0 Å². The van der Waals surface area contributed by atoms with E-state index in [1.54, 1.807) is 0 Å². The van der Waals surface area contributed by atoms with Crippen molar-refractivity contribution in [3.8, 4) is 11.8 Å². The molecule has 0 amide bonds. The molecular weight excluding hydrogens is 600 g/mol. The second-order valence-electron chi connectivity index (χ2n) is 7.95. The van der Waals surface area contributed by atoms with E-state index in [9.17, 15) is 28.5 Å². The van der Waals surface area contributed by atoms with Gasteiger partial charge in [0.15, 0.2) is 13.7 Å². The molecule has 3 rings (SSSR count). The van der Waals surface area contributed by atoms with Crippen LogP contribution in [0.4, 0.5) is 5.95 Å². The molecule has 214 valence electrons. The zero-order valence-corrected chi connectivity index (χ0v) is 23.9. The van der Waals surface area contributed by atoms with Crippen LogP contribution in [0.15, 0.2) is 16.1 Å². The Morgan fingerprint density at radius 2 is 2.26 bits per heavy atom. The molecule has 0 aromatic carbocycles. The minimum atomic E-state index is -4.44. The van der Waals surface area contributed by atoms with Gasteiger partial charge in [0, 0.05) is 17.5 Å². The molecule has 0 spiro atoms. The zero-order chi connectivity index (χ0) is 28.7. The first-order valence-corrected chi connectivity index (χ1v) is 18.5. The molecule has 39 heavy (non-hydrogen) atoms. The van der Waals surface area contributed by atoms with Gasteiger partial charge in [0.2, 0.25) is 13.7 Å². The Hall–Kier alpha value is -2.07. The number of aromatic nitrogens is 3. The van der Waals surface area contributed by atoms with Gasteiger partial charge >= 0.3 is 0 Å². The molecule has 0 radical (unpaired) electrons. The van der Waals surface area contributed by atoms with E-state index in [-0.39, 0.29) is 43.3 Å². The third-order valence-electron chi connectivity index (χ3n) is 5.32. The molecule has 0 saturated carbocycles. The standard InChI is InChI=1S/C17H26N8O10P4/c18-3-1-2-9-5-25(15-14(9)16(27)23-17(19)22-15)12-4-10(33-8-21-24-20)11(35-12)6-34-38(30)36-39(31,32)13(26)7-37(28)29/h5,10-13,26,36-38H,3-4,6-8,18H2,(H,28,29)(H,31,32)(H3,19,22,23,27)/t10-,11-,12-,13?/m1/s1. The summed E-state index contributed by atoms with van der Waals surface area (Å²) in [4.78, 5) is 40.6. The first-order valence-electron chi connectivity index (χ1n) is 11.0. The fourth-order valence-corrected chi connectivity index (χ4v) is 13.0. The molecule has 3 heterocycles. The predicted molar refractivity (Wildman–Crippen MR) is 143 cm³/mol. The van der Waals surface area contributed by atoms with Crippen LogP contribution in [-0.4, -0.2) is 73.5 Å². The molecule has 1 aliphatic heterocycles. The van der Waals surface area contributed by atoms with Crippen LogP contribution in [0.1, 0.15) is 18.2 Å². The van der Waals surface area contributed by atoms with Gasteiger partial charge in [0.05, 0.1) is 44.3 Å². The van der Waals surface area contributed by atoms with E-state index in [4.69, 9.17) is 35.9 Å². The van der Waals surface area contributed by atoms with E-state index < -0.39 is 66.8 Å². The quantitative estimate of drug-likeness (QED) is 0.0620. The summed E-state index contributed by atoms with van der Waals surface area (Å²) in [6.45, 7) is -0.712. The van der Waals surface area contributed by atoms with Gasteiger partial charge in [-0.3, -0.25) is 23.5 Å². The fourth-order valence-electron chi connectivity index (χ4n) is 3.66.